The second-order valence-corrected chi connectivity index (χ2v) is 7.04. The van der Waals surface area contributed by atoms with Crippen LogP contribution in [0.5, 0.6) is 0 Å². The zero-order valence-corrected chi connectivity index (χ0v) is 14.9. The van der Waals surface area contributed by atoms with Crippen LogP contribution >= 0.6 is 0 Å². The van der Waals surface area contributed by atoms with Gasteiger partial charge in [0, 0.05) is 45.8 Å². The summed E-state index contributed by atoms with van der Waals surface area (Å²) in [5.41, 5.74) is 2.74. The highest BCUT2D eigenvalue weighted by Gasteiger charge is 2.26. The highest BCUT2D eigenvalue weighted by molar-refractivity contribution is 5.74. The van der Waals surface area contributed by atoms with E-state index in [4.69, 9.17) is 4.74 Å². The highest BCUT2D eigenvalue weighted by Crippen LogP contribution is 2.16. The lowest BCUT2D eigenvalue weighted by Crippen LogP contribution is -2.54. The minimum absolute atomic E-state index is 0.180. The first-order chi connectivity index (χ1) is 11.6. The summed E-state index contributed by atoms with van der Waals surface area (Å²) in [4.78, 5) is 18.8. The smallest absolute Gasteiger partial charge is 0.320 e. The number of amides is 2. The van der Waals surface area contributed by atoms with Crippen molar-refractivity contribution in [3.63, 3.8) is 0 Å². The van der Waals surface area contributed by atoms with E-state index >= 15 is 0 Å². The van der Waals surface area contributed by atoms with Gasteiger partial charge in [-0.15, -0.1) is 0 Å². The maximum absolute atomic E-state index is 12.5. The van der Waals surface area contributed by atoms with Crippen LogP contribution in [0.4, 0.5) is 4.79 Å². The molecule has 5 nitrogen and oxygen atoms in total. The number of carbonyl (C=O) groups is 1. The molecule has 2 aliphatic rings. The van der Waals surface area contributed by atoms with Crippen molar-refractivity contribution in [1.29, 1.82) is 0 Å². The molecule has 0 atom stereocenters. The van der Waals surface area contributed by atoms with E-state index < -0.39 is 0 Å². The molecule has 2 fully saturated rings. The van der Waals surface area contributed by atoms with Crippen LogP contribution in [0, 0.1) is 0 Å². The van der Waals surface area contributed by atoms with Gasteiger partial charge in [-0.25, -0.2) is 4.79 Å². The number of hydrogen-bond donors (Lipinski definition) is 0. The Bertz CT molecular complexity index is 530. The van der Waals surface area contributed by atoms with E-state index in [9.17, 15) is 4.79 Å². The summed E-state index contributed by atoms with van der Waals surface area (Å²) >= 11 is 0. The molecule has 5 heteroatoms. The topological polar surface area (TPSA) is 36.0 Å². The predicted molar refractivity (Wildman–Crippen MR) is 95.2 cm³/mol. The Hall–Kier alpha value is -1.59. The second-order valence-electron chi connectivity index (χ2n) is 7.04. The zero-order chi connectivity index (χ0) is 16.9. The third-order valence-electron chi connectivity index (χ3n) is 4.98. The fourth-order valence-corrected chi connectivity index (χ4v) is 3.32. The van der Waals surface area contributed by atoms with Crippen LogP contribution in [0.1, 0.15) is 30.9 Å². The molecule has 0 bridgehead atoms. The van der Waals surface area contributed by atoms with Gasteiger partial charge >= 0.3 is 6.03 Å². The van der Waals surface area contributed by atoms with E-state index in [1.165, 1.54) is 11.1 Å². The quantitative estimate of drug-likeness (QED) is 0.853. The van der Waals surface area contributed by atoms with E-state index in [1.807, 2.05) is 9.80 Å². The predicted octanol–water partition coefficient (Wildman–Crippen LogP) is 2.38. The van der Waals surface area contributed by atoms with Crippen LogP contribution in [-0.2, 0) is 11.3 Å². The summed E-state index contributed by atoms with van der Waals surface area (Å²) < 4.78 is 5.32. The summed E-state index contributed by atoms with van der Waals surface area (Å²) in [5, 5.41) is 0. The van der Waals surface area contributed by atoms with Gasteiger partial charge in [0.1, 0.15) is 0 Å². The third kappa shape index (κ3) is 4.28. The number of piperazine rings is 1. The van der Waals surface area contributed by atoms with Gasteiger partial charge in [0.25, 0.3) is 0 Å². The van der Waals surface area contributed by atoms with E-state index in [0.717, 1.165) is 45.8 Å². The van der Waals surface area contributed by atoms with Crippen molar-refractivity contribution < 1.29 is 9.53 Å². The van der Waals surface area contributed by atoms with Crippen LogP contribution in [0.3, 0.4) is 0 Å². The lowest BCUT2D eigenvalue weighted by atomic mass is 10.0. The molecule has 1 aromatic rings. The maximum atomic E-state index is 12.5. The molecular weight excluding hydrogens is 302 g/mol. The molecular formula is C19H29N3O2. The lowest BCUT2D eigenvalue weighted by Gasteiger charge is -2.38. The third-order valence-corrected chi connectivity index (χ3v) is 4.98. The highest BCUT2D eigenvalue weighted by atomic mass is 16.5. The van der Waals surface area contributed by atoms with Gasteiger partial charge in [0.05, 0.1) is 13.2 Å². The summed E-state index contributed by atoms with van der Waals surface area (Å²) in [6.45, 7) is 11.7. The number of urea groups is 1. The van der Waals surface area contributed by atoms with Gasteiger partial charge in [-0.1, -0.05) is 38.1 Å². The molecule has 2 saturated heterocycles. The minimum atomic E-state index is 0.180. The number of nitrogens with zero attached hydrogens (tertiary/aromatic N) is 3. The molecule has 2 aliphatic heterocycles. The van der Waals surface area contributed by atoms with Crippen molar-refractivity contribution >= 4 is 6.03 Å². The van der Waals surface area contributed by atoms with Crippen LogP contribution in [0.15, 0.2) is 24.3 Å². The molecule has 0 N–H and O–H groups in total. The van der Waals surface area contributed by atoms with E-state index in [1.54, 1.807) is 0 Å². The summed E-state index contributed by atoms with van der Waals surface area (Å²) in [5.74, 6) is 0.578. The Balaban J connectivity index is 1.47. The molecule has 132 valence electrons. The summed E-state index contributed by atoms with van der Waals surface area (Å²) in [7, 11) is 0. The van der Waals surface area contributed by atoms with Gasteiger partial charge in [-0.3, -0.25) is 4.90 Å². The molecule has 2 amide bonds. The van der Waals surface area contributed by atoms with Crippen LogP contribution < -0.4 is 0 Å². The van der Waals surface area contributed by atoms with Crippen molar-refractivity contribution in [3.8, 4) is 0 Å². The van der Waals surface area contributed by atoms with Gasteiger partial charge in [0.2, 0.25) is 0 Å². The van der Waals surface area contributed by atoms with Crippen LogP contribution in [0.25, 0.3) is 0 Å². The van der Waals surface area contributed by atoms with Crippen LogP contribution in [0.2, 0.25) is 0 Å². The van der Waals surface area contributed by atoms with Crippen molar-refractivity contribution in [1.82, 2.24) is 14.7 Å². The monoisotopic (exact) mass is 331 g/mol. The average Bonchev–Trinajstić information content (AvgIpc) is 2.63. The number of rotatable bonds is 3. The first-order valence-electron chi connectivity index (χ1n) is 9.06. The van der Waals surface area contributed by atoms with Crippen molar-refractivity contribution in [2.45, 2.75) is 26.3 Å². The SMILES string of the molecule is CC(C)c1ccc(CN2CCN(C(=O)N3CCOCC3)CC2)cc1. The standard InChI is InChI=1S/C19H29N3O2/c1-16(2)18-5-3-17(4-6-18)15-20-7-9-21(10-8-20)19(23)22-11-13-24-14-12-22/h3-6,16H,7-15H2,1-2H3. The first kappa shape index (κ1) is 17.2. The van der Waals surface area contributed by atoms with Crippen LogP contribution in [-0.4, -0.2) is 73.2 Å². The number of ether oxygens (including phenoxy) is 1. The largest absolute Gasteiger partial charge is 0.378 e. The normalized spacial score (nSPS) is 19.8. The summed E-state index contributed by atoms with van der Waals surface area (Å²) in [6, 6.07) is 9.12. The minimum Gasteiger partial charge on any atom is -0.378 e. The van der Waals surface area contributed by atoms with Gasteiger partial charge in [-0.05, 0) is 17.0 Å². The molecule has 1 aromatic carbocycles. The number of carbonyl (C=O) groups excluding carboxylic acids is 1. The van der Waals surface area contributed by atoms with Gasteiger partial charge in [0.15, 0.2) is 0 Å². The van der Waals surface area contributed by atoms with E-state index in [2.05, 4.69) is 43.0 Å². The second kappa shape index (κ2) is 7.99. The Labute approximate surface area is 145 Å². The molecule has 24 heavy (non-hydrogen) atoms. The Morgan fingerprint density at radius 1 is 0.958 bits per heavy atom. The van der Waals surface area contributed by atoms with E-state index in [-0.39, 0.29) is 6.03 Å². The average molecular weight is 331 g/mol. The Kier molecular flexibility index (Phi) is 5.74. The Morgan fingerprint density at radius 3 is 2.12 bits per heavy atom. The van der Waals surface area contributed by atoms with Crippen molar-refractivity contribution in [2.24, 2.45) is 0 Å². The molecule has 0 aromatic heterocycles. The lowest BCUT2D eigenvalue weighted by molar-refractivity contribution is 0.0373. The number of benzene rings is 1. The molecule has 2 heterocycles. The fourth-order valence-electron chi connectivity index (χ4n) is 3.32. The Morgan fingerprint density at radius 2 is 1.54 bits per heavy atom. The molecule has 3 rings (SSSR count). The van der Waals surface area contributed by atoms with Gasteiger partial charge < -0.3 is 14.5 Å². The van der Waals surface area contributed by atoms with E-state index in [0.29, 0.717) is 19.1 Å². The maximum Gasteiger partial charge on any atom is 0.320 e. The molecule has 0 spiro atoms. The number of morpholine rings is 1. The number of hydrogen-bond acceptors (Lipinski definition) is 3. The molecule has 0 unspecified atom stereocenters. The van der Waals surface area contributed by atoms with Gasteiger partial charge in [-0.2, -0.15) is 0 Å². The first-order valence-corrected chi connectivity index (χ1v) is 9.06. The van der Waals surface area contributed by atoms with Crippen molar-refractivity contribution in [2.75, 3.05) is 52.5 Å². The fraction of sp³-hybridized carbons (Fsp3) is 0.632. The summed E-state index contributed by atoms with van der Waals surface area (Å²) in [6.07, 6.45) is 0. The molecule has 0 saturated carbocycles. The zero-order valence-electron chi connectivity index (χ0n) is 14.9. The van der Waals surface area contributed by atoms with Crippen molar-refractivity contribution in [3.05, 3.63) is 35.4 Å². The molecule has 0 aliphatic carbocycles. The molecule has 0 radical (unpaired) electrons.